The molecule has 4 N–H and O–H groups in total. The summed E-state index contributed by atoms with van der Waals surface area (Å²) >= 11 is 5.85. The molecule has 0 aliphatic carbocycles. The quantitative estimate of drug-likeness (QED) is 0.245. The maximum Gasteiger partial charge on any atom is 0.139 e. The predicted octanol–water partition coefficient (Wildman–Crippen LogP) is 2.42. The van der Waals surface area contributed by atoms with Crippen LogP contribution in [0.4, 0.5) is 10.1 Å². The van der Waals surface area contributed by atoms with Crippen molar-refractivity contribution in [3.05, 3.63) is 29.0 Å². The summed E-state index contributed by atoms with van der Waals surface area (Å²) in [6.45, 7) is 0.569. The number of nitrogens with two attached hydrogens (primary N) is 1. The Balaban J connectivity index is 2.40. The Labute approximate surface area is 97.9 Å². The molecule has 1 aromatic rings. The van der Waals surface area contributed by atoms with Gasteiger partial charge in [0.25, 0.3) is 0 Å². The van der Waals surface area contributed by atoms with Gasteiger partial charge in [0.15, 0.2) is 0 Å². The summed E-state index contributed by atoms with van der Waals surface area (Å²) in [5, 5.41) is 14.6. The molecule has 6 heteroatoms. The molecule has 1 aromatic carbocycles. The van der Waals surface area contributed by atoms with E-state index in [0.717, 1.165) is 0 Å². The van der Waals surface area contributed by atoms with E-state index in [4.69, 9.17) is 22.5 Å². The van der Waals surface area contributed by atoms with E-state index in [9.17, 15) is 4.39 Å². The van der Waals surface area contributed by atoms with Crippen molar-refractivity contribution >= 4 is 23.1 Å². The van der Waals surface area contributed by atoms with Crippen LogP contribution in [0.5, 0.6) is 0 Å². The van der Waals surface area contributed by atoms with Crippen LogP contribution in [0, 0.1) is 5.82 Å². The Morgan fingerprint density at radius 3 is 3.00 bits per heavy atom. The molecule has 16 heavy (non-hydrogen) atoms. The molecule has 0 heterocycles. The lowest BCUT2D eigenvalue weighted by molar-refractivity contribution is 0.316. The summed E-state index contributed by atoms with van der Waals surface area (Å²) < 4.78 is 12.9. The number of nitrogens with zero attached hydrogens (tertiary/aromatic N) is 1. The number of nitrogens with one attached hydrogen (secondary N) is 1. The zero-order chi connectivity index (χ0) is 12.0. The molecule has 0 aliphatic rings. The molecule has 88 valence electrons. The van der Waals surface area contributed by atoms with Crippen molar-refractivity contribution in [2.75, 3.05) is 11.9 Å². The Bertz CT molecular complexity index is 384. The monoisotopic (exact) mass is 245 g/mol. The maximum atomic E-state index is 12.9. The highest BCUT2D eigenvalue weighted by atomic mass is 35.5. The third kappa shape index (κ3) is 3.94. The topological polar surface area (TPSA) is 70.6 Å². The van der Waals surface area contributed by atoms with Crippen molar-refractivity contribution in [2.45, 2.75) is 12.8 Å². The summed E-state index contributed by atoms with van der Waals surface area (Å²) in [4.78, 5) is 0. The van der Waals surface area contributed by atoms with Crippen LogP contribution in [-0.4, -0.2) is 17.6 Å². The highest BCUT2D eigenvalue weighted by Gasteiger charge is 2.01. The van der Waals surface area contributed by atoms with Crippen LogP contribution in [0.3, 0.4) is 0 Å². The first kappa shape index (κ1) is 12.6. The summed E-state index contributed by atoms with van der Waals surface area (Å²) in [7, 11) is 0. The van der Waals surface area contributed by atoms with Crippen molar-refractivity contribution in [1.29, 1.82) is 0 Å². The fourth-order valence-corrected chi connectivity index (χ4v) is 1.36. The lowest BCUT2D eigenvalue weighted by Gasteiger charge is -2.07. The Morgan fingerprint density at radius 1 is 1.56 bits per heavy atom. The standard InChI is InChI=1S/C10H13ClFN3O/c11-8-4-3-7(12)6-9(8)14-5-1-2-10(13)15-16/h3-4,6,14,16H,1-2,5H2,(H2,13,15). The van der Waals surface area contributed by atoms with E-state index in [1.165, 1.54) is 18.2 Å². The van der Waals surface area contributed by atoms with E-state index >= 15 is 0 Å². The fraction of sp³-hybridized carbons (Fsp3) is 0.300. The minimum absolute atomic E-state index is 0.173. The van der Waals surface area contributed by atoms with Gasteiger partial charge in [0.2, 0.25) is 0 Å². The van der Waals surface area contributed by atoms with Gasteiger partial charge in [-0.1, -0.05) is 16.8 Å². The highest BCUT2D eigenvalue weighted by molar-refractivity contribution is 6.33. The van der Waals surface area contributed by atoms with E-state index < -0.39 is 0 Å². The van der Waals surface area contributed by atoms with E-state index in [1.54, 1.807) is 0 Å². The number of benzene rings is 1. The molecule has 0 radical (unpaired) electrons. The Kier molecular flexibility index (Phi) is 4.85. The minimum Gasteiger partial charge on any atom is -0.409 e. The first-order valence-corrected chi connectivity index (χ1v) is 5.16. The number of amidine groups is 1. The van der Waals surface area contributed by atoms with Crippen LogP contribution in [0.15, 0.2) is 23.4 Å². The molecule has 0 saturated carbocycles. The summed E-state index contributed by atoms with van der Waals surface area (Å²) in [6.07, 6.45) is 1.14. The number of oxime groups is 1. The fourth-order valence-electron chi connectivity index (χ4n) is 1.18. The SMILES string of the molecule is N/C(CCCNc1cc(F)ccc1Cl)=N/O. The van der Waals surface area contributed by atoms with Gasteiger partial charge in [-0.25, -0.2) is 4.39 Å². The van der Waals surface area contributed by atoms with Crippen LogP contribution >= 0.6 is 11.6 Å². The van der Waals surface area contributed by atoms with Crippen LogP contribution in [0.1, 0.15) is 12.8 Å². The van der Waals surface area contributed by atoms with E-state index in [2.05, 4.69) is 10.5 Å². The number of halogens is 2. The van der Waals surface area contributed by atoms with Gasteiger partial charge >= 0.3 is 0 Å². The maximum absolute atomic E-state index is 12.9. The molecule has 4 nitrogen and oxygen atoms in total. The van der Waals surface area contributed by atoms with Crippen LogP contribution < -0.4 is 11.1 Å². The summed E-state index contributed by atoms with van der Waals surface area (Å²) in [5.74, 6) is -0.171. The van der Waals surface area contributed by atoms with Crippen LogP contribution in [0.25, 0.3) is 0 Å². The predicted molar refractivity (Wildman–Crippen MR) is 62.5 cm³/mol. The molecule has 0 bridgehead atoms. The molecule has 0 aliphatic heterocycles. The van der Waals surface area contributed by atoms with E-state index in [1.807, 2.05) is 0 Å². The molecular formula is C10H13ClFN3O. The van der Waals surface area contributed by atoms with Crippen molar-refractivity contribution in [3.8, 4) is 0 Å². The number of hydrogen-bond acceptors (Lipinski definition) is 3. The second-order valence-corrected chi connectivity index (χ2v) is 3.65. The molecule has 0 aromatic heterocycles. The average molecular weight is 246 g/mol. The Morgan fingerprint density at radius 2 is 2.31 bits per heavy atom. The van der Waals surface area contributed by atoms with Gasteiger partial charge in [-0.3, -0.25) is 0 Å². The number of anilines is 1. The molecule has 1 rings (SSSR count). The first-order chi connectivity index (χ1) is 7.63. The Hall–Kier alpha value is -1.49. The average Bonchev–Trinajstić information content (AvgIpc) is 2.28. The van der Waals surface area contributed by atoms with Gasteiger partial charge in [-0.15, -0.1) is 0 Å². The van der Waals surface area contributed by atoms with Crippen molar-refractivity contribution in [2.24, 2.45) is 10.9 Å². The van der Waals surface area contributed by atoms with E-state index in [0.29, 0.717) is 30.1 Å². The second-order valence-electron chi connectivity index (χ2n) is 3.25. The third-order valence-electron chi connectivity index (χ3n) is 1.98. The molecule has 0 atom stereocenters. The first-order valence-electron chi connectivity index (χ1n) is 4.79. The summed E-state index contributed by atoms with van der Waals surface area (Å²) in [5.41, 5.74) is 5.84. The molecule has 0 spiro atoms. The van der Waals surface area contributed by atoms with Crippen LogP contribution in [-0.2, 0) is 0 Å². The van der Waals surface area contributed by atoms with Gasteiger partial charge in [0, 0.05) is 13.0 Å². The molecule has 0 unspecified atom stereocenters. The lowest BCUT2D eigenvalue weighted by Crippen LogP contribution is -2.13. The zero-order valence-corrected chi connectivity index (χ0v) is 9.34. The van der Waals surface area contributed by atoms with Crippen molar-refractivity contribution in [1.82, 2.24) is 0 Å². The van der Waals surface area contributed by atoms with Gasteiger partial charge < -0.3 is 16.3 Å². The van der Waals surface area contributed by atoms with Crippen molar-refractivity contribution in [3.63, 3.8) is 0 Å². The largest absolute Gasteiger partial charge is 0.409 e. The third-order valence-corrected chi connectivity index (χ3v) is 2.31. The number of rotatable bonds is 5. The van der Waals surface area contributed by atoms with E-state index in [-0.39, 0.29) is 11.7 Å². The summed E-state index contributed by atoms with van der Waals surface area (Å²) in [6, 6.07) is 4.11. The zero-order valence-electron chi connectivity index (χ0n) is 8.58. The van der Waals surface area contributed by atoms with Gasteiger partial charge in [0.1, 0.15) is 11.7 Å². The number of hydrogen-bond donors (Lipinski definition) is 3. The smallest absolute Gasteiger partial charge is 0.139 e. The minimum atomic E-state index is -0.344. The second kappa shape index (κ2) is 6.17. The van der Waals surface area contributed by atoms with Gasteiger partial charge in [-0.05, 0) is 24.6 Å². The van der Waals surface area contributed by atoms with Crippen molar-refractivity contribution < 1.29 is 9.60 Å². The molecule has 0 saturated heterocycles. The highest BCUT2D eigenvalue weighted by Crippen LogP contribution is 2.22. The van der Waals surface area contributed by atoms with Gasteiger partial charge in [0.05, 0.1) is 10.7 Å². The van der Waals surface area contributed by atoms with Crippen LogP contribution in [0.2, 0.25) is 5.02 Å². The molecule has 0 amide bonds. The van der Waals surface area contributed by atoms with Gasteiger partial charge in [-0.2, -0.15) is 0 Å². The molecular weight excluding hydrogens is 233 g/mol. The molecule has 0 fully saturated rings. The normalized spacial score (nSPS) is 11.5. The lowest BCUT2D eigenvalue weighted by atomic mass is 10.2.